The van der Waals surface area contributed by atoms with E-state index >= 15 is 0 Å². The second kappa shape index (κ2) is 5.87. The topological polar surface area (TPSA) is 46.4 Å². The first kappa shape index (κ1) is 16.1. The largest absolute Gasteiger partial charge is 0.416 e. The summed E-state index contributed by atoms with van der Waals surface area (Å²) in [6, 6.07) is 5.48. The molecular weight excluding hydrogens is 351 g/mol. The number of benzene rings is 1. The number of hydrogen-bond donors (Lipinski definition) is 1. The number of halogens is 3. The van der Waals surface area contributed by atoms with Crippen LogP contribution in [0.25, 0.3) is 4.96 Å². The SMILES string of the molecule is O=C(NCc1cn2ccsc2n1)[C@H]1C[C@H]1c1ccccc1C(F)(F)F. The molecule has 3 aromatic rings. The Morgan fingerprint density at radius 3 is 2.92 bits per heavy atom. The van der Waals surface area contributed by atoms with Gasteiger partial charge in [0, 0.05) is 23.7 Å². The maximum Gasteiger partial charge on any atom is 0.416 e. The summed E-state index contributed by atoms with van der Waals surface area (Å²) in [7, 11) is 0. The fraction of sp³-hybridized carbons (Fsp3) is 0.294. The number of fused-ring (bicyclic) bond motifs is 1. The van der Waals surface area contributed by atoms with Crippen molar-refractivity contribution < 1.29 is 18.0 Å². The highest BCUT2D eigenvalue weighted by molar-refractivity contribution is 7.15. The molecule has 1 aromatic carbocycles. The standard InChI is InChI=1S/C17H14F3N3OS/c18-17(19,20)14-4-2-1-3-11(14)12-7-13(12)15(24)21-8-10-9-23-5-6-25-16(23)22-10/h1-6,9,12-13H,7-8H2,(H,21,24)/t12-,13-/m0/s1. The van der Waals surface area contributed by atoms with Gasteiger partial charge in [0.15, 0.2) is 4.96 Å². The van der Waals surface area contributed by atoms with Gasteiger partial charge in [-0.2, -0.15) is 13.2 Å². The summed E-state index contributed by atoms with van der Waals surface area (Å²) in [5.74, 6) is -1.01. The molecule has 4 nitrogen and oxygen atoms in total. The quantitative estimate of drug-likeness (QED) is 0.764. The number of hydrogen-bond acceptors (Lipinski definition) is 3. The monoisotopic (exact) mass is 365 g/mol. The molecule has 0 aliphatic heterocycles. The summed E-state index contributed by atoms with van der Waals surface area (Å²) < 4.78 is 41.2. The summed E-state index contributed by atoms with van der Waals surface area (Å²) in [4.78, 5) is 17.5. The number of carbonyl (C=O) groups excluding carboxylic acids is 1. The molecule has 2 aromatic heterocycles. The summed E-state index contributed by atoms with van der Waals surface area (Å²) in [5, 5.41) is 4.69. The van der Waals surface area contributed by atoms with Crippen molar-refractivity contribution in [2.75, 3.05) is 0 Å². The average molecular weight is 365 g/mol. The first-order valence-corrected chi connectivity index (χ1v) is 8.66. The minimum Gasteiger partial charge on any atom is -0.350 e. The van der Waals surface area contributed by atoms with E-state index in [0.717, 1.165) is 16.7 Å². The van der Waals surface area contributed by atoms with E-state index in [0.29, 0.717) is 6.42 Å². The number of thiazole rings is 1. The highest BCUT2D eigenvalue weighted by Crippen LogP contribution is 2.51. The number of imidazole rings is 1. The lowest BCUT2D eigenvalue weighted by atomic mass is 10.0. The molecule has 2 heterocycles. The van der Waals surface area contributed by atoms with Gasteiger partial charge in [0.2, 0.25) is 5.91 Å². The fourth-order valence-electron chi connectivity index (χ4n) is 3.08. The number of aromatic nitrogens is 2. The second-order valence-corrected chi connectivity index (χ2v) is 6.95. The smallest absolute Gasteiger partial charge is 0.350 e. The summed E-state index contributed by atoms with van der Waals surface area (Å²) in [6.45, 7) is 0.275. The molecule has 1 aliphatic rings. The molecular formula is C17H14F3N3OS. The van der Waals surface area contributed by atoms with Crippen LogP contribution in [-0.4, -0.2) is 15.3 Å². The van der Waals surface area contributed by atoms with Gasteiger partial charge in [-0.25, -0.2) is 4.98 Å². The summed E-state index contributed by atoms with van der Waals surface area (Å²) in [5.41, 5.74) is 0.287. The molecule has 0 bridgehead atoms. The van der Waals surface area contributed by atoms with Crippen molar-refractivity contribution in [3.8, 4) is 0 Å². The molecule has 1 fully saturated rings. The Balaban J connectivity index is 1.41. The van der Waals surface area contributed by atoms with E-state index < -0.39 is 17.7 Å². The summed E-state index contributed by atoms with van der Waals surface area (Å²) >= 11 is 1.50. The number of rotatable bonds is 4. The molecule has 1 saturated carbocycles. The normalized spacial score (nSPS) is 20.0. The third-order valence-electron chi connectivity index (χ3n) is 4.38. The first-order chi connectivity index (χ1) is 11.9. The molecule has 1 N–H and O–H groups in total. The molecule has 1 amide bonds. The number of alkyl halides is 3. The van der Waals surface area contributed by atoms with Crippen LogP contribution in [-0.2, 0) is 17.5 Å². The number of nitrogens with one attached hydrogen (secondary N) is 1. The van der Waals surface area contributed by atoms with E-state index in [1.807, 2.05) is 22.2 Å². The van der Waals surface area contributed by atoms with Gasteiger partial charge in [0.05, 0.1) is 17.8 Å². The molecule has 130 valence electrons. The molecule has 0 saturated heterocycles. The predicted octanol–water partition coefficient (Wildman–Crippen LogP) is 3.83. The average Bonchev–Trinajstić information content (AvgIpc) is 3.10. The van der Waals surface area contributed by atoms with Crippen molar-refractivity contribution >= 4 is 22.2 Å². The number of carbonyl (C=O) groups is 1. The molecule has 25 heavy (non-hydrogen) atoms. The van der Waals surface area contributed by atoms with Gasteiger partial charge in [0.25, 0.3) is 0 Å². The van der Waals surface area contributed by atoms with Crippen LogP contribution >= 0.6 is 11.3 Å². The van der Waals surface area contributed by atoms with Crippen molar-refractivity contribution in [2.24, 2.45) is 5.92 Å². The van der Waals surface area contributed by atoms with E-state index in [9.17, 15) is 18.0 Å². The molecule has 0 unspecified atom stereocenters. The Hall–Kier alpha value is -2.35. The minimum absolute atomic E-state index is 0.206. The highest BCUT2D eigenvalue weighted by atomic mass is 32.1. The van der Waals surface area contributed by atoms with E-state index in [1.165, 1.54) is 23.5 Å². The second-order valence-electron chi connectivity index (χ2n) is 6.08. The third kappa shape index (κ3) is 3.13. The Labute approximate surface area is 145 Å². The van der Waals surface area contributed by atoms with Crippen LogP contribution in [0.4, 0.5) is 13.2 Å². The van der Waals surface area contributed by atoms with Crippen LogP contribution in [0.1, 0.15) is 29.2 Å². The van der Waals surface area contributed by atoms with Crippen molar-refractivity contribution in [3.63, 3.8) is 0 Å². The van der Waals surface area contributed by atoms with Crippen LogP contribution < -0.4 is 5.32 Å². The van der Waals surface area contributed by atoms with Gasteiger partial charge >= 0.3 is 6.18 Å². The van der Waals surface area contributed by atoms with Crippen molar-refractivity contribution in [1.29, 1.82) is 0 Å². The maximum atomic E-state index is 13.1. The Morgan fingerprint density at radius 2 is 2.16 bits per heavy atom. The van der Waals surface area contributed by atoms with Crippen LogP contribution in [0, 0.1) is 5.92 Å². The van der Waals surface area contributed by atoms with E-state index in [1.54, 1.807) is 6.07 Å². The van der Waals surface area contributed by atoms with E-state index in [2.05, 4.69) is 10.3 Å². The van der Waals surface area contributed by atoms with Gasteiger partial charge in [-0.3, -0.25) is 9.20 Å². The van der Waals surface area contributed by atoms with Crippen molar-refractivity contribution in [1.82, 2.24) is 14.7 Å². The summed E-state index contributed by atoms with van der Waals surface area (Å²) in [6.07, 6.45) is -0.252. The van der Waals surface area contributed by atoms with Crippen LogP contribution in [0.3, 0.4) is 0 Å². The van der Waals surface area contributed by atoms with Crippen molar-refractivity contribution in [3.05, 3.63) is 58.9 Å². The molecule has 0 radical (unpaired) electrons. The Bertz CT molecular complexity index is 902. The van der Waals surface area contributed by atoms with Gasteiger partial charge < -0.3 is 5.32 Å². The van der Waals surface area contributed by atoms with Crippen molar-refractivity contribution in [2.45, 2.75) is 25.1 Å². The van der Waals surface area contributed by atoms with Crippen LogP contribution in [0.5, 0.6) is 0 Å². The lowest BCUT2D eigenvalue weighted by molar-refractivity contribution is -0.138. The van der Waals surface area contributed by atoms with Gasteiger partial charge in [0.1, 0.15) is 0 Å². The minimum atomic E-state index is -4.40. The van der Waals surface area contributed by atoms with Gasteiger partial charge in [-0.1, -0.05) is 18.2 Å². The fourth-order valence-corrected chi connectivity index (χ4v) is 3.80. The van der Waals surface area contributed by atoms with Gasteiger partial charge in [-0.15, -0.1) is 11.3 Å². The highest BCUT2D eigenvalue weighted by Gasteiger charge is 2.47. The lowest BCUT2D eigenvalue weighted by Gasteiger charge is -2.12. The molecule has 1 aliphatic carbocycles. The van der Waals surface area contributed by atoms with E-state index in [4.69, 9.17) is 0 Å². The third-order valence-corrected chi connectivity index (χ3v) is 5.15. The zero-order valence-electron chi connectivity index (χ0n) is 13.0. The molecule has 0 spiro atoms. The maximum absolute atomic E-state index is 13.1. The lowest BCUT2D eigenvalue weighted by Crippen LogP contribution is -2.25. The predicted molar refractivity (Wildman–Crippen MR) is 87.2 cm³/mol. The number of nitrogens with zero attached hydrogens (tertiary/aromatic N) is 2. The molecule has 2 atom stereocenters. The molecule has 4 rings (SSSR count). The van der Waals surface area contributed by atoms with Gasteiger partial charge in [-0.05, 0) is 24.0 Å². The first-order valence-electron chi connectivity index (χ1n) is 7.78. The Kier molecular flexibility index (Phi) is 3.79. The van der Waals surface area contributed by atoms with Crippen LogP contribution in [0.15, 0.2) is 42.0 Å². The zero-order valence-corrected chi connectivity index (χ0v) is 13.8. The molecule has 8 heteroatoms. The van der Waals surface area contributed by atoms with E-state index in [-0.39, 0.29) is 23.9 Å². The Morgan fingerprint density at radius 1 is 1.36 bits per heavy atom. The zero-order chi connectivity index (χ0) is 17.6. The van der Waals surface area contributed by atoms with Crippen LogP contribution in [0.2, 0.25) is 0 Å². The number of amides is 1.